The molecule has 1 aromatic carbocycles. The zero-order chi connectivity index (χ0) is 25.8. The van der Waals surface area contributed by atoms with E-state index in [2.05, 4.69) is 27.8 Å². The number of anilines is 1. The molecule has 0 aliphatic heterocycles. The molecule has 2 amide bonds. The molecule has 0 spiro atoms. The maximum atomic E-state index is 11.3. The van der Waals surface area contributed by atoms with Gasteiger partial charge >= 0.3 is 0 Å². The molecule has 188 valence electrons. The van der Waals surface area contributed by atoms with Gasteiger partial charge in [0.25, 0.3) is 5.91 Å². The zero-order valence-electron chi connectivity index (χ0n) is 20.6. The monoisotopic (exact) mass is 472 g/mol. The molecule has 1 rings (SSSR count). The highest BCUT2D eigenvalue weighted by Gasteiger charge is 2.19. The number of carbonyl (C=O) groups excluding carboxylic acids is 2. The van der Waals surface area contributed by atoms with Gasteiger partial charge in [-0.15, -0.1) is 0 Å². The van der Waals surface area contributed by atoms with Crippen molar-refractivity contribution in [2.24, 2.45) is 0 Å². The van der Waals surface area contributed by atoms with Gasteiger partial charge in [-0.1, -0.05) is 43.0 Å². The van der Waals surface area contributed by atoms with Crippen molar-refractivity contribution in [2.75, 3.05) is 18.4 Å². The van der Waals surface area contributed by atoms with Crippen LogP contribution < -0.4 is 21.3 Å². The summed E-state index contributed by atoms with van der Waals surface area (Å²) in [7, 11) is 0. The van der Waals surface area contributed by atoms with Gasteiger partial charge in [0.15, 0.2) is 6.10 Å². The molecule has 0 aromatic heterocycles. The van der Waals surface area contributed by atoms with Crippen molar-refractivity contribution in [3.05, 3.63) is 78.7 Å². The first-order valence-electron chi connectivity index (χ1n) is 11.3. The van der Waals surface area contributed by atoms with Gasteiger partial charge in [0.1, 0.15) is 0 Å². The number of benzene rings is 1. The van der Waals surface area contributed by atoms with Crippen LogP contribution in [0.3, 0.4) is 0 Å². The van der Waals surface area contributed by atoms with E-state index in [4.69, 9.17) is 5.11 Å². The third kappa shape index (κ3) is 14.7. The second-order valence-electron chi connectivity index (χ2n) is 7.44. The Morgan fingerprint density at radius 2 is 1.68 bits per heavy atom. The van der Waals surface area contributed by atoms with Crippen LogP contribution in [0.4, 0.5) is 5.69 Å². The smallest absolute Gasteiger partial charge is 0.251 e. The van der Waals surface area contributed by atoms with E-state index < -0.39 is 18.1 Å². The molecule has 0 unspecified atom stereocenters. The number of carbonyl (C=O) groups is 2. The number of amides is 2. The molecule has 0 bridgehead atoms. The second kappa shape index (κ2) is 19.1. The number of hydrogen-bond donors (Lipinski definition) is 6. The molecule has 1 aromatic rings. The summed E-state index contributed by atoms with van der Waals surface area (Å²) < 4.78 is 0. The summed E-state index contributed by atoms with van der Waals surface area (Å²) in [5.41, 5.74) is 2.93. The van der Waals surface area contributed by atoms with E-state index >= 15 is 0 Å². The highest BCUT2D eigenvalue weighted by molar-refractivity contribution is 5.80. The first kappa shape index (κ1) is 30.6. The minimum Gasteiger partial charge on any atom is -0.390 e. The molecule has 8 heteroatoms. The molecule has 8 nitrogen and oxygen atoms in total. The molecule has 0 radical (unpaired) electrons. The first-order valence-corrected chi connectivity index (χ1v) is 11.3. The van der Waals surface area contributed by atoms with Crippen LogP contribution in [0.15, 0.2) is 73.1 Å². The van der Waals surface area contributed by atoms with E-state index in [0.29, 0.717) is 19.5 Å². The van der Waals surface area contributed by atoms with Crippen LogP contribution in [-0.2, 0) is 9.59 Å². The number of aliphatic hydroxyl groups is 2. The number of aliphatic hydroxyl groups excluding tert-OH is 2. The summed E-state index contributed by atoms with van der Waals surface area (Å²) in [5.74, 6) is -0.554. The number of allylic oxidation sites excluding steroid dienone is 5. The summed E-state index contributed by atoms with van der Waals surface area (Å²) >= 11 is 0. The molecule has 6 N–H and O–H groups in total. The van der Waals surface area contributed by atoms with E-state index in [-0.39, 0.29) is 6.04 Å². The lowest BCUT2D eigenvalue weighted by atomic mass is 10.1. The summed E-state index contributed by atoms with van der Waals surface area (Å²) in [6.07, 6.45) is 10.4. The molecule has 0 saturated heterocycles. The summed E-state index contributed by atoms with van der Waals surface area (Å²) in [5, 5.41) is 29.7. The van der Waals surface area contributed by atoms with Gasteiger partial charge in [0.2, 0.25) is 6.41 Å². The Bertz CT molecular complexity index is 802. The fourth-order valence-electron chi connectivity index (χ4n) is 2.46. The first-order chi connectivity index (χ1) is 16.3. The predicted octanol–water partition coefficient (Wildman–Crippen LogP) is 2.91. The van der Waals surface area contributed by atoms with E-state index in [1.165, 1.54) is 6.92 Å². The molecular weight excluding hydrogens is 432 g/mol. The van der Waals surface area contributed by atoms with E-state index in [1.54, 1.807) is 0 Å². The Labute approximate surface area is 203 Å². The lowest BCUT2D eigenvalue weighted by molar-refractivity contribution is -0.134. The Balaban J connectivity index is 0.000000657. The lowest BCUT2D eigenvalue weighted by Crippen LogP contribution is -2.41. The highest BCUT2D eigenvalue weighted by Crippen LogP contribution is 2.15. The quantitative estimate of drug-likeness (QED) is 0.141. The summed E-state index contributed by atoms with van der Waals surface area (Å²) in [6.45, 7) is 12.1. The molecule has 0 aliphatic carbocycles. The average Bonchev–Trinajstić information content (AvgIpc) is 2.82. The Morgan fingerprint density at radius 3 is 2.24 bits per heavy atom. The van der Waals surface area contributed by atoms with Crippen LogP contribution in [0, 0.1) is 0 Å². The standard InChI is InChI=1S/C14H24N2O3.C12H16N2O/c1-4-5-6-8-11(2)15-9-7-10-16-14(19)13(18)12(3)17;1-3-8-13-12-6-4-11(5-7-12)10(2)14-9-15/h4-6,8,12-13,15,17-18H,2,7,9-10H2,1,3H3,(H,16,19);3-10,13H,1-2H3,(H,14,15)/b5-4-,8-6-;8-3-/t12-,13+;10-/m01/s1. The molecule has 0 aliphatic rings. The van der Waals surface area contributed by atoms with Crippen molar-refractivity contribution in [2.45, 2.75) is 52.4 Å². The fraction of sp³-hybridized carbons (Fsp3) is 0.385. The molecule has 0 fully saturated rings. The van der Waals surface area contributed by atoms with Crippen LogP contribution in [0.25, 0.3) is 0 Å². The summed E-state index contributed by atoms with van der Waals surface area (Å²) in [4.78, 5) is 21.5. The van der Waals surface area contributed by atoms with Gasteiger partial charge in [-0.3, -0.25) is 9.59 Å². The number of rotatable bonds is 14. The second-order valence-corrected chi connectivity index (χ2v) is 7.44. The normalized spacial score (nSPS) is 13.6. The largest absolute Gasteiger partial charge is 0.390 e. The molecule has 0 saturated carbocycles. The van der Waals surface area contributed by atoms with E-state index in [1.807, 2.05) is 81.6 Å². The van der Waals surface area contributed by atoms with E-state index in [9.17, 15) is 14.7 Å². The minimum absolute atomic E-state index is 0.0540. The Morgan fingerprint density at radius 1 is 1.03 bits per heavy atom. The SMILES string of the molecule is C/C=C\Nc1ccc([C@@H](C)NC=O)cc1.C=C(/C=C\C=C/C)NCCCNC(=O)[C@H](O)[C@H](C)O. The van der Waals surface area contributed by atoms with Crippen LogP contribution in [-0.4, -0.2) is 47.8 Å². The van der Waals surface area contributed by atoms with Gasteiger partial charge < -0.3 is 31.5 Å². The van der Waals surface area contributed by atoms with Crippen molar-refractivity contribution in [1.29, 1.82) is 0 Å². The Hall–Kier alpha value is -3.36. The third-order valence-corrected chi connectivity index (χ3v) is 4.48. The van der Waals surface area contributed by atoms with Gasteiger partial charge in [0.05, 0.1) is 12.1 Å². The van der Waals surface area contributed by atoms with Crippen LogP contribution in [0.2, 0.25) is 0 Å². The summed E-state index contributed by atoms with van der Waals surface area (Å²) in [6, 6.07) is 8.01. The third-order valence-electron chi connectivity index (χ3n) is 4.48. The molecule has 34 heavy (non-hydrogen) atoms. The topological polar surface area (TPSA) is 123 Å². The van der Waals surface area contributed by atoms with Gasteiger partial charge in [0, 0.05) is 24.5 Å². The van der Waals surface area contributed by atoms with Crippen molar-refractivity contribution in [3.8, 4) is 0 Å². The maximum Gasteiger partial charge on any atom is 0.251 e. The number of hydrogen-bond acceptors (Lipinski definition) is 6. The fourth-order valence-corrected chi connectivity index (χ4v) is 2.46. The van der Waals surface area contributed by atoms with E-state index in [0.717, 1.165) is 23.4 Å². The zero-order valence-corrected chi connectivity index (χ0v) is 20.6. The molecular formula is C26H40N4O4. The number of nitrogens with one attached hydrogen (secondary N) is 4. The maximum absolute atomic E-state index is 11.3. The van der Waals surface area contributed by atoms with Crippen LogP contribution in [0.5, 0.6) is 0 Å². The lowest BCUT2D eigenvalue weighted by Gasteiger charge is -2.13. The van der Waals surface area contributed by atoms with Gasteiger partial charge in [-0.05, 0) is 64.1 Å². The van der Waals surface area contributed by atoms with Crippen molar-refractivity contribution in [1.82, 2.24) is 16.0 Å². The minimum atomic E-state index is -1.37. The highest BCUT2D eigenvalue weighted by atomic mass is 16.3. The Kier molecular flexibility index (Phi) is 17.2. The van der Waals surface area contributed by atoms with Crippen molar-refractivity contribution in [3.63, 3.8) is 0 Å². The van der Waals surface area contributed by atoms with Crippen LogP contribution >= 0.6 is 0 Å². The predicted molar refractivity (Wildman–Crippen MR) is 139 cm³/mol. The average molecular weight is 473 g/mol. The molecule has 3 atom stereocenters. The molecule has 0 heterocycles. The van der Waals surface area contributed by atoms with Gasteiger partial charge in [-0.2, -0.15) is 0 Å². The van der Waals surface area contributed by atoms with Crippen molar-refractivity contribution >= 4 is 18.0 Å². The van der Waals surface area contributed by atoms with Gasteiger partial charge in [-0.25, -0.2) is 0 Å². The van der Waals surface area contributed by atoms with Crippen molar-refractivity contribution < 1.29 is 19.8 Å². The van der Waals surface area contributed by atoms with Crippen LogP contribution in [0.1, 0.15) is 45.7 Å².